The van der Waals surface area contributed by atoms with Crippen LogP contribution in [0.15, 0.2) is 24.3 Å². The van der Waals surface area contributed by atoms with Crippen molar-refractivity contribution in [2.45, 2.75) is 26.7 Å². The predicted molar refractivity (Wildman–Crippen MR) is 62.6 cm³/mol. The van der Waals surface area contributed by atoms with Crippen molar-refractivity contribution in [1.29, 1.82) is 0 Å². The Bertz CT molecular complexity index is 334. The Kier molecular flexibility index (Phi) is 4.96. The highest BCUT2D eigenvalue weighted by Crippen LogP contribution is 2.03. The van der Waals surface area contributed by atoms with E-state index in [1.165, 1.54) is 12.1 Å². The molecule has 0 saturated heterocycles. The van der Waals surface area contributed by atoms with E-state index in [0.717, 1.165) is 18.4 Å². The smallest absolute Gasteiger partial charge is 0.222 e. The maximum absolute atomic E-state index is 12.6. The molecule has 3 heteroatoms. The first kappa shape index (κ1) is 12.7. The lowest BCUT2D eigenvalue weighted by molar-refractivity contribution is -0.124. The van der Waals surface area contributed by atoms with E-state index >= 15 is 0 Å². The third-order valence-electron chi connectivity index (χ3n) is 2.69. The number of nitrogens with one attached hydrogen (secondary N) is 1. The highest BCUT2D eigenvalue weighted by Gasteiger charge is 2.08. The van der Waals surface area contributed by atoms with Gasteiger partial charge >= 0.3 is 0 Å². The molecule has 0 aromatic heterocycles. The second-order valence-corrected chi connectivity index (χ2v) is 3.98. The Balaban J connectivity index is 2.30. The van der Waals surface area contributed by atoms with E-state index in [1.807, 2.05) is 13.8 Å². The minimum atomic E-state index is -0.229. The molecule has 2 nitrogen and oxygen atoms in total. The highest BCUT2D eigenvalue weighted by atomic mass is 19.1. The number of halogens is 1. The number of hydrogen-bond donors (Lipinski definition) is 1. The summed E-state index contributed by atoms with van der Waals surface area (Å²) >= 11 is 0. The van der Waals surface area contributed by atoms with Crippen molar-refractivity contribution in [3.05, 3.63) is 35.6 Å². The zero-order chi connectivity index (χ0) is 12.0. The molecule has 0 bridgehead atoms. The predicted octanol–water partition coefficient (Wildman–Crippen LogP) is 2.53. The van der Waals surface area contributed by atoms with Gasteiger partial charge < -0.3 is 5.32 Å². The average Bonchev–Trinajstić information content (AvgIpc) is 2.30. The summed E-state index contributed by atoms with van der Waals surface area (Å²) in [5.41, 5.74) is 1.03. The molecule has 0 radical (unpaired) electrons. The van der Waals surface area contributed by atoms with E-state index in [-0.39, 0.29) is 17.6 Å². The fourth-order valence-electron chi connectivity index (χ4n) is 1.34. The zero-order valence-electron chi connectivity index (χ0n) is 9.79. The van der Waals surface area contributed by atoms with Gasteiger partial charge in [-0.15, -0.1) is 0 Å². The van der Waals surface area contributed by atoms with Crippen molar-refractivity contribution in [3.8, 4) is 0 Å². The van der Waals surface area contributed by atoms with Gasteiger partial charge in [-0.25, -0.2) is 4.39 Å². The first-order valence-corrected chi connectivity index (χ1v) is 5.65. The summed E-state index contributed by atoms with van der Waals surface area (Å²) in [6.45, 7) is 4.51. The minimum absolute atomic E-state index is 0.0632. The van der Waals surface area contributed by atoms with Crippen LogP contribution in [0, 0.1) is 11.7 Å². The lowest BCUT2D eigenvalue weighted by Gasteiger charge is -2.09. The molecule has 0 spiro atoms. The molecule has 0 aliphatic carbocycles. The summed E-state index contributed by atoms with van der Waals surface area (Å²) in [5.74, 6) is -0.0785. The Hall–Kier alpha value is -1.38. The van der Waals surface area contributed by atoms with Crippen LogP contribution in [0.4, 0.5) is 4.39 Å². The van der Waals surface area contributed by atoms with Gasteiger partial charge in [-0.05, 0) is 30.5 Å². The molecular weight excluding hydrogens is 205 g/mol. The van der Waals surface area contributed by atoms with Crippen LogP contribution in [0.3, 0.4) is 0 Å². The molecule has 16 heavy (non-hydrogen) atoms. The fourth-order valence-corrected chi connectivity index (χ4v) is 1.34. The molecule has 0 aliphatic heterocycles. The number of rotatable bonds is 5. The summed E-state index contributed by atoms with van der Waals surface area (Å²) in [7, 11) is 0. The quantitative estimate of drug-likeness (QED) is 0.816. The van der Waals surface area contributed by atoms with Crippen LogP contribution in [-0.2, 0) is 11.2 Å². The standard InChI is InChI=1S/C13H18FNO/c1-3-10(2)13(16)15-9-8-11-4-6-12(14)7-5-11/h4-7,10H,3,8-9H2,1-2H3,(H,15,16)/t10-/m1/s1. The Morgan fingerprint density at radius 2 is 2.00 bits per heavy atom. The van der Waals surface area contributed by atoms with Crippen molar-refractivity contribution in [3.63, 3.8) is 0 Å². The molecular formula is C13H18FNO. The van der Waals surface area contributed by atoms with Crippen LogP contribution in [-0.4, -0.2) is 12.5 Å². The molecule has 0 unspecified atom stereocenters. The number of benzene rings is 1. The number of carbonyl (C=O) groups excluding carboxylic acids is 1. The van der Waals surface area contributed by atoms with E-state index < -0.39 is 0 Å². The summed E-state index contributed by atoms with van der Waals surface area (Å²) in [5, 5.41) is 2.86. The van der Waals surface area contributed by atoms with E-state index in [9.17, 15) is 9.18 Å². The van der Waals surface area contributed by atoms with Crippen LogP contribution < -0.4 is 5.32 Å². The third kappa shape index (κ3) is 4.01. The zero-order valence-corrected chi connectivity index (χ0v) is 9.79. The average molecular weight is 223 g/mol. The van der Waals surface area contributed by atoms with E-state index in [0.29, 0.717) is 6.54 Å². The van der Waals surface area contributed by atoms with Gasteiger partial charge in [0.15, 0.2) is 0 Å². The summed E-state index contributed by atoms with van der Waals surface area (Å²) < 4.78 is 12.6. The fraction of sp³-hybridized carbons (Fsp3) is 0.462. The van der Waals surface area contributed by atoms with Crippen molar-refractivity contribution in [2.75, 3.05) is 6.54 Å². The minimum Gasteiger partial charge on any atom is -0.356 e. The number of hydrogen-bond acceptors (Lipinski definition) is 1. The molecule has 0 aliphatic rings. The topological polar surface area (TPSA) is 29.1 Å². The molecule has 1 rings (SSSR count). The van der Waals surface area contributed by atoms with Gasteiger partial charge in [0.25, 0.3) is 0 Å². The van der Waals surface area contributed by atoms with E-state index in [1.54, 1.807) is 12.1 Å². The maximum atomic E-state index is 12.6. The monoisotopic (exact) mass is 223 g/mol. The molecule has 88 valence electrons. The first-order valence-electron chi connectivity index (χ1n) is 5.65. The van der Waals surface area contributed by atoms with Gasteiger partial charge in [0.05, 0.1) is 0 Å². The second kappa shape index (κ2) is 6.26. The highest BCUT2D eigenvalue weighted by molar-refractivity contribution is 5.78. The van der Waals surface area contributed by atoms with Gasteiger partial charge in [-0.3, -0.25) is 4.79 Å². The first-order chi connectivity index (χ1) is 7.63. The normalized spacial score (nSPS) is 12.2. The van der Waals surface area contributed by atoms with Crippen LogP contribution in [0.1, 0.15) is 25.8 Å². The molecule has 0 saturated carbocycles. The van der Waals surface area contributed by atoms with Gasteiger partial charge in [-0.2, -0.15) is 0 Å². The van der Waals surface area contributed by atoms with E-state index in [2.05, 4.69) is 5.32 Å². The molecule has 0 fully saturated rings. The largest absolute Gasteiger partial charge is 0.356 e. The van der Waals surface area contributed by atoms with Crippen LogP contribution in [0.2, 0.25) is 0 Å². The second-order valence-electron chi connectivity index (χ2n) is 3.98. The lowest BCUT2D eigenvalue weighted by Crippen LogP contribution is -2.30. The third-order valence-corrected chi connectivity index (χ3v) is 2.69. The van der Waals surface area contributed by atoms with Crippen molar-refractivity contribution in [2.24, 2.45) is 5.92 Å². The molecule has 1 N–H and O–H groups in total. The van der Waals surface area contributed by atoms with Gasteiger partial charge in [0.1, 0.15) is 5.82 Å². The van der Waals surface area contributed by atoms with Crippen molar-refractivity contribution < 1.29 is 9.18 Å². The molecule has 0 heterocycles. The molecule has 1 aromatic rings. The van der Waals surface area contributed by atoms with Gasteiger partial charge in [0.2, 0.25) is 5.91 Å². The van der Waals surface area contributed by atoms with Gasteiger partial charge in [0, 0.05) is 12.5 Å². The molecule has 1 atom stereocenters. The van der Waals surface area contributed by atoms with E-state index in [4.69, 9.17) is 0 Å². The summed E-state index contributed by atoms with van der Waals surface area (Å²) in [6.07, 6.45) is 1.59. The number of amides is 1. The van der Waals surface area contributed by atoms with Crippen LogP contribution >= 0.6 is 0 Å². The lowest BCUT2D eigenvalue weighted by atomic mass is 10.1. The molecule has 1 amide bonds. The SMILES string of the molecule is CC[C@@H](C)C(=O)NCCc1ccc(F)cc1. The van der Waals surface area contributed by atoms with Crippen LogP contribution in [0.5, 0.6) is 0 Å². The van der Waals surface area contributed by atoms with Crippen molar-refractivity contribution in [1.82, 2.24) is 5.32 Å². The Morgan fingerprint density at radius 1 is 1.38 bits per heavy atom. The number of carbonyl (C=O) groups is 1. The van der Waals surface area contributed by atoms with Gasteiger partial charge in [-0.1, -0.05) is 26.0 Å². The Labute approximate surface area is 95.9 Å². The van der Waals surface area contributed by atoms with Crippen LogP contribution in [0.25, 0.3) is 0 Å². The summed E-state index contributed by atoms with van der Waals surface area (Å²) in [4.78, 5) is 11.4. The Morgan fingerprint density at radius 3 is 2.56 bits per heavy atom. The van der Waals surface area contributed by atoms with Crippen molar-refractivity contribution >= 4 is 5.91 Å². The summed E-state index contributed by atoms with van der Waals surface area (Å²) in [6, 6.07) is 6.35. The maximum Gasteiger partial charge on any atom is 0.222 e. The molecule has 1 aromatic carbocycles.